The highest BCUT2D eigenvalue weighted by molar-refractivity contribution is 7.99. The normalized spacial score (nSPS) is 18.1. The van der Waals surface area contributed by atoms with E-state index in [2.05, 4.69) is 17.4 Å². The highest BCUT2D eigenvalue weighted by Gasteiger charge is 2.41. The van der Waals surface area contributed by atoms with Crippen molar-refractivity contribution in [1.82, 2.24) is 10.2 Å². The van der Waals surface area contributed by atoms with Crippen LogP contribution in [-0.2, 0) is 16.0 Å². The molecule has 1 heterocycles. The second-order valence-corrected chi connectivity index (χ2v) is 9.52. The summed E-state index contributed by atoms with van der Waals surface area (Å²) in [5.74, 6) is 1.43. The van der Waals surface area contributed by atoms with Crippen molar-refractivity contribution in [3.05, 3.63) is 95.6 Å². The summed E-state index contributed by atoms with van der Waals surface area (Å²) in [6.07, 6.45) is 0.662. The Morgan fingerprint density at radius 1 is 0.971 bits per heavy atom. The van der Waals surface area contributed by atoms with Gasteiger partial charge in [-0.25, -0.2) is 0 Å². The monoisotopic (exact) mass is 490 g/mol. The first kappa shape index (κ1) is 24.7. The Labute approximate surface area is 210 Å². The van der Waals surface area contributed by atoms with Gasteiger partial charge in [0.15, 0.2) is 11.5 Å². The molecule has 0 bridgehead atoms. The van der Waals surface area contributed by atoms with Crippen LogP contribution in [0.15, 0.2) is 78.9 Å². The average Bonchev–Trinajstić information content (AvgIpc) is 3.35. The maximum atomic E-state index is 13.6. The molecule has 1 aliphatic heterocycles. The molecule has 7 heteroatoms. The quantitative estimate of drug-likeness (QED) is 0.493. The second kappa shape index (κ2) is 11.3. The molecule has 0 saturated carbocycles. The van der Waals surface area contributed by atoms with E-state index >= 15 is 0 Å². The molecule has 0 aromatic heterocycles. The van der Waals surface area contributed by atoms with Crippen LogP contribution in [-0.4, -0.2) is 42.7 Å². The fourth-order valence-corrected chi connectivity index (χ4v) is 5.88. The maximum Gasteiger partial charge on any atom is 0.244 e. The molecule has 1 N–H and O–H groups in total. The Kier molecular flexibility index (Phi) is 7.98. The van der Waals surface area contributed by atoms with Crippen molar-refractivity contribution < 1.29 is 19.1 Å². The lowest BCUT2D eigenvalue weighted by Crippen LogP contribution is -2.48. The third kappa shape index (κ3) is 5.62. The van der Waals surface area contributed by atoms with Gasteiger partial charge < -0.3 is 19.7 Å². The SMILES string of the molecule is COc1ccc(C2SCC(C(=O)NC(Cc3ccccc3)c3ccccc3)N2C(C)=O)cc1OC. The molecule has 1 aliphatic rings. The predicted octanol–water partition coefficient (Wildman–Crippen LogP) is 4.77. The highest BCUT2D eigenvalue weighted by atomic mass is 32.2. The molecular formula is C28H30N2O4S. The van der Waals surface area contributed by atoms with Gasteiger partial charge in [0.2, 0.25) is 11.8 Å². The van der Waals surface area contributed by atoms with E-state index in [1.807, 2.05) is 66.7 Å². The standard InChI is InChI=1S/C28H30N2O4S/c1-19(31)30-24(18-35-28(30)22-14-15-25(33-2)26(17-22)34-3)27(32)29-23(21-12-8-5-9-13-21)16-20-10-6-4-7-11-20/h4-15,17,23-24,28H,16,18H2,1-3H3,(H,29,32). The number of nitrogens with one attached hydrogen (secondary N) is 1. The van der Waals surface area contributed by atoms with Gasteiger partial charge in [-0.05, 0) is 35.2 Å². The minimum atomic E-state index is -0.572. The summed E-state index contributed by atoms with van der Waals surface area (Å²) < 4.78 is 10.8. The van der Waals surface area contributed by atoms with Crippen LogP contribution in [0.3, 0.4) is 0 Å². The molecule has 1 fully saturated rings. The lowest BCUT2D eigenvalue weighted by molar-refractivity contribution is -0.138. The number of nitrogens with zero attached hydrogens (tertiary/aromatic N) is 1. The number of ether oxygens (including phenoxy) is 2. The first-order chi connectivity index (χ1) is 17.0. The maximum absolute atomic E-state index is 13.6. The first-order valence-corrected chi connectivity index (χ1v) is 12.6. The molecule has 1 saturated heterocycles. The van der Waals surface area contributed by atoms with Crippen LogP contribution in [0.2, 0.25) is 0 Å². The van der Waals surface area contributed by atoms with Gasteiger partial charge in [-0.2, -0.15) is 0 Å². The Morgan fingerprint density at radius 3 is 2.26 bits per heavy atom. The molecular weight excluding hydrogens is 460 g/mol. The third-order valence-corrected chi connectivity index (χ3v) is 7.48. The molecule has 3 atom stereocenters. The summed E-state index contributed by atoms with van der Waals surface area (Å²) in [5, 5.41) is 2.95. The number of methoxy groups -OCH3 is 2. The van der Waals surface area contributed by atoms with Crippen molar-refractivity contribution >= 4 is 23.6 Å². The molecule has 0 radical (unpaired) electrons. The van der Waals surface area contributed by atoms with E-state index in [-0.39, 0.29) is 23.2 Å². The number of thioether (sulfide) groups is 1. The zero-order valence-electron chi connectivity index (χ0n) is 20.1. The Hall–Kier alpha value is -3.45. The van der Waals surface area contributed by atoms with E-state index in [9.17, 15) is 9.59 Å². The van der Waals surface area contributed by atoms with Crippen LogP contribution in [0, 0.1) is 0 Å². The summed E-state index contributed by atoms with van der Waals surface area (Å²) in [6, 6.07) is 24.9. The number of amides is 2. The molecule has 0 spiro atoms. The lowest BCUT2D eigenvalue weighted by Gasteiger charge is -2.29. The van der Waals surface area contributed by atoms with Crippen molar-refractivity contribution in [2.75, 3.05) is 20.0 Å². The van der Waals surface area contributed by atoms with E-state index in [4.69, 9.17) is 9.47 Å². The number of carbonyl (C=O) groups excluding carboxylic acids is 2. The fourth-order valence-electron chi connectivity index (χ4n) is 4.41. The average molecular weight is 491 g/mol. The smallest absolute Gasteiger partial charge is 0.244 e. The molecule has 0 aliphatic carbocycles. The van der Waals surface area contributed by atoms with Crippen LogP contribution in [0.5, 0.6) is 11.5 Å². The molecule has 2 amide bonds. The zero-order valence-corrected chi connectivity index (χ0v) is 21.0. The molecule has 3 unspecified atom stereocenters. The zero-order chi connectivity index (χ0) is 24.8. The van der Waals surface area contributed by atoms with E-state index in [0.717, 1.165) is 16.7 Å². The summed E-state index contributed by atoms with van der Waals surface area (Å²) in [4.78, 5) is 28.0. The molecule has 182 valence electrons. The summed E-state index contributed by atoms with van der Waals surface area (Å²) >= 11 is 1.58. The van der Waals surface area contributed by atoms with Gasteiger partial charge in [-0.3, -0.25) is 9.59 Å². The van der Waals surface area contributed by atoms with Crippen molar-refractivity contribution in [3.63, 3.8) is 0 Å². The Morgan fingerprint density at radius 2 is 1.63 bits per heavy atom. The third-order valence-electron chi connectivity index (χ3n) is 6.16. The molecule has 4 rings (SSSR count). The molecule has 3 aromatic carbocycles. The van der Waals surface area contributed by atoms with E-state index < -0.39 is 6.04 Å². The fraction of sp³-hybridized carbons (Fsp3) is 0.286. The Bertz CT molecular complexity index is 1160. The van der Waals surface area contributed by atoms with Crippen molar-refractivity contribution in [2.45, 2.75) is 30.8 Å². The van der Waals surface area contributed by atoms with Crippen LogP contribution in [0.1, 0.15) is 35.0 Å². The van der Waals surface area contributed by atoms with Crippen molar-refractivity contribution in [1.29, 1.82) is 0 Å². The minimum absolute atomic E-state index is 0.144. The topological polar surface area (TPSA) is 67.9 Å². The first-order valence-electron chi connectivity index (χ1n) is 11.5. The van der Waals surface area contributed by atoms with Crippen LogP contribution < -0.4 is 14.8 Å². The van der Waals surface area contributed by atoms with Gasteiger partial charge >= 0.3 is 0 Å². The number of benzene rings is 3. The van der Waals surface area contributed by atoms with Crippen LogP contribution in [0.4, 0.5) is 0 Å². The van der Waals surface area contributed by atoms with Crippen LogP contribution in [0.25, 0.3) is 0 Å². The minimum Gasteiger partial charge on any atom is -0.493 e. The van der Waals surface area contributed by atoms with E-state index in [1.165, 1.54) is 6.92 Å². The van der Waals surface area contributed by atoms with E-state index in [0.29, 0.717) is 23.7 Å². The van der Waals surface area contributed by atoms with Gasteiger partial charge in [-0.15, -0.1) is 11.8 Å². The van der Waals surface area contributed by atoms with Crippen molar-refractivity contribution in [3.8, 4) is 11.5 Å². The van der Waals surface area contributed by atoms with Crippen LogP contribution >= 0.6 is 11.8 Å². The number of carbonyl (C=O) groups is 2. The number of hydrogen-bond donors (Lipinski definition) is 1. The summed E-state index contributed by atoms with van der Waals surface area (Å²) in [7, 11) is 3.17. The lowest BCUT2D eigenvalue weighted by atomic mass is 9.98. The van der Waals surface area contributed by atoms with Gasteiger partial charge in [0, 0.05) is 12.7 Å². The highest BCUT2D eigenvalue weighted by Crippen LogP contribution is 2.43. The van der Waals surface area contributed by atoms with Gasteiger partial charge in [-0.1, -0.05) is 66.7 Å². The van der Waals surface area contributed by atoms with Gasteiger partial charge in [0.05, 0.1) is 20.3 Å². The van der Waals surface area contributed by atoms with Gasteiger partial charge in [0.25, 0.3) is 0 Å². The molecule has 3 aromatic rings. The van der Waals surface area contributed by atoms with E-state index in [1.54, 1.807) is 30.9 Å². The summed E-state index contributed by atoms with van der Waals surface area (Å²) in [6.45, 7) is 1.51. The molecule has 6 nitrogen and oxygen atoms in total. The van der Waals surface area contributed by atoms with Crippen molar-refractivity contribution in [2.24, 2.45) is 0 Å². The number of hydrogen-bond acceptors (Lipinski definition) is 5. The predicted molar refractivity (Wildman–Crippen MR) is 139 cm³/mol. The summed E-state index contributed by atoms with van der Waals surface area (Å²) in [5.41, 5.74) is 3.05. The Balaban J connectivity index is 1.57. The van der Waals surface area contributed by atoms with Gasteiger partial charge in [0.1, 0.15) is 11.4 Å². The largest absolute Gasteiger partial charge is 0.493 e. The number of rotatable bonds is 8. The second-order valence-electron chi connectivity index (χ2n) is 8.40. The molecule has 35 heavy (non-hydrogen) atoms.